The number of hydrogen-bond acceptors (Lipinski definition) is 14. The van der Waals surface area contributed by atoms with Gasteiger partial charge in [0.15, 0.2) is 11.2 Å². The molecular formula is C33H58BBr3ClFN6NaO13S. The Balaban J connectivity index is -0.000000115. The van der Waals surface area contributed by atoms with Gasteiger partial charge in [0, 0.05) is 29.6 Å². The predicted octanol–water partition coefficient (Wildman–Crippen LogP) is 1.30. The molecule has 343 valence electrons. The SMILES string of the molecule is Br.C.C=C(C)C(=O)Cl.C=C(C)C(=O)N1CCC[C@H]1C(=O)O.C[C@@](O)(CBr)C(=O)O.C[C@]1(CBr)OC(=O)[C@@H]2CCCN2C1=O.N[N-]O.O=C(O)[C@@H]1CCCN1.[2H]CF.[B]=NS.[Na+]. The first-order valence-corrected chi connectivity index (χ1v) is 19.4. The van der Waals surface area contributed by atoms with Gasteiger partial charge in [0.05, 0.1) is 13.9 Å². The molecule has 4 fully saturated rings. The largest absolute Gasteiger partial charge is 1.00 e. The number of carboxylic acids is 3. The molecule has 0 aromatic heterocycles. The first-order valence-electron chi connectivity index (χ1n) is 17.1. The van der Waals surface area contributed by atoms with Gasteiger partial charge in [-0.2, -0.15) is 0 Å². The van der Waals surface area contributed by atoms with E-state index in [4.69, 9.17) is 43.3 Å². The number of aliphatic hydroxyl groups is 1. The average molecular weight is 1110 g/mol. The number of likely N-dealkylation sites (tertiary alicyclic amines) is 1. The molecule has 0 bridgehead atoms. The van der Waals surface area contributed by atoms with Crippen molar-refractivity contribution in [3.8, 4) is 0 Å². The van der Waals surface area contributed by atoms with Crippen LogP contribution in [0.2, 0.25) is 0 Å². The Morgan fingerprint density at radius 1 is 1.12 bits per heavy atom. The summed E-state index contributed by atoms with van der Waals surface area (Å²) in [5.41, 5.74) is 0.155. The van der Waals surface area contributed by atoms with Crippen molar-refractivity contribution in [3.63, 3.8) is 0 Å². The zero-order chi connectivity index (χ0) is 46.4. The van der Waals surface area contributed by atoms with Crippen LogP contribution in [-0.2, 0) is 38.3 Å². The number of carboxylic acid groups (broad SMARTS) is 3. The molecule has 19 nitrogen and oxygen atoms in total. The number of hydrogen-bond donors (Lipinski definition) is 8. The molecule has 4 aliphatic heterocycles. The monoisotopic (exact) mass is 1100 g/mol. The van der Waals surface area contributed by atoms with Crippen LogP contribution in [0.25, 0.3) is 5.59 Å². The van der Waals surface area contributed by atoms with Crippen LogP contribution < -0.4 is 40.7 Å². The molecule has 0 unspecified atom stereocenters. The van der Waals surface area contributed by atoms with Gasteiger partial charge in [0.2, 0.25) is 11.1 Å². The number of halogens is 5. The van der Waals surface area contributed by atoms with Crippen LogP contribution >= 0.6 is 73.3 Å². The standard InChI is InChI=1S/C9H12BrNO3.C9H13NO3.C5H9NO2.C4H7BrO3.C4H5ClO.CH3F.CH4.BHNS.BrH.H3N2O.Na/c1-9(5-10)8(13)11-4-2-3-6(11)7(12)14-9;1-6(2)8(11)10-5-3-4-7(10)9(12)13;7-5(8)4-2-1-3-6-4;1-4(8,2-5)3(6)7;1-3(2)4(5)6;1-2;;1-2-3;;1-2-3;/h6H,2-5H2,1H3;7H,1,3-5H2,2H3,(H,12,13);4,6H,1-3H2,(H,7,8);8H,2H2,1H3,(H,6,7);1H2,2H3;1H3;1H4;3H;1H;3H,1H2;/q;;;;;;;;;-1;+1/t6-,9+;7-;2*4-;;;;;;;/m0001......./s1/i;;;;;1D;;;;;. The maximum atomic E-state index is 11.9. The molecule has 60 heavy (non-hydrogen) atoms. The fourth-order valence-electron chi connectivity index (χ4n) is 4.44. The third kappa shape index (κ3) is 29.9. The van der Waals surface area contributed by atoms with Crippen molar-refractivity contribution >= 4 is 122 Å². The van der Waals surface area contributed by atoms with Gasteiger partial charge in [-0.3, -0.25) is 23.6 Å². The van der Waals surface area contributed by atoms with E-state index in [-0.39, 0.29) is 89.2 Å². The maximum absolute atomic E-state index is 11.9. The van der Waals surface area contributed by atoms with Gasteiger partial charge in [-0.1, -0.05) is 52.4 Å². The minimum atomic E-state index is -1.62. The van der Waals surface area contributed by atoms with Crippen LogP contribution in [0.3, 0.4) is 0 Å². The Bertz CT molecular complexity index is 1380. The summed E-state index contributed by atoms with van der Waals surface area (Å²) in [5, 5.41) is 43.8. The number of alkyl halides is 3. The number of morpholine rings is 1. The van der Waals surface area contributed by atoms with Crippen molar-refractivity contribution in [1.82, 2.24) is 15.1 Å². The van der Waals surface area contributed by atoms with Crippen LogP contribution in [0.4, 0.5) is 4.39 Å². The van der Waals surface area contributed by atoms with Crippen molar-refractivity contribution in [2.24, 2.45) is 10.1 Å². The number of ether oxygens (including phenoxy) is 1. The number of amides is 2. The molecule has 1 radical (unpaired) electrons. The second-order valence-corrected chi connectivity index (χ2v) is 13.9. The molecular weight excluding hydrogens is 1050 g/mol. The normalized spacial score (nSPS) is 21.0. The Kier molecular flexibility index (Phi) is 47.4. The summed E-state index contributed by atoms with van der Waals surface area (Å²) in [6, 6.07) is -1.24. The van der Waals surface area contributed by atoms with Gasteiger partial charge < -0.3 is 56.9 Å². The van der Waals surface area contributed by atoms with E-state index < -0.39 is 47.5 Å². The molecule has 0 aliphatic carbocycles. The molecule has 8 N–H and O–H groups in total. The minimum absolute atomic E-state index is 0. The second-order valence-electron chi connectivity index (χ2n) is 12.2. The molecule has 4 saturated heterocycles. The summed E-state index contributed by atoms with van der Waals surface area (Å²) < 4.78 is 23.4. The summed E-state index contributed by atoms with van der Waals surface area (Å²) in [7, 11) is 3.34. The zero-order valence-electron chi connectivity index (χ0n) is 34.4. The van der Waals surface area contributed by atoms with Gasteiger partial charge >= 0.3 is 78.2 Å². The van der Waals surface area contributed by atoms with Crippen LogP contribution in [0, 0.1) is 0 Å². The Labute approximate surface area is 413 Å². The number of rotatable bonds is 7. The van der Waals surface area contributed by atoms with E-state index in [1.54, 1.807) is 25.7 Å². The zero-order valence-corrected chi connectivity index (χ0v) is 42.0. The Morgan fingerprint density at radius 2 is 1.57 bits per heavy atom. The maximum Gasteiger partial charge on any atom is 1.00 e. The summed E-state index contributed by atoms with van der Waals surface area (Å²) in [5.74, 6) is 0.592. The predicted molar refractivity (Wildman–Crippen MR) is 237 cm³/mol. The number of aliphatic carboxylic acids is 3. The first-order chi connectivity index (χ1) is 26.8. The number of nitrogens with zero attached hydrogens (tertiary/aromatic N) is 4. The summed E-state index contributed by atoms with van der Waals surface area (Å²) in [6.07, 6.45) is 4.73. The number of allylic oxidation sites excluding steroid dienone is 1. The van der Waals surface area contributed by atoms with E-state index in [2.05, 4.69) is 80.9 Å². The summed E-state index contributed by atoms with van der Waals surface area (Å²) in [4.78, 5) is 78.6. The van der Waals surface area contributed by atoms with Crippen LogP contribution in [-0.4, -0.2) is 151 Å². The van der Waals surface area contributed by atoms with Crippen molar-refractivity contribution in [1.29, 1.82) is 0 Å². The molecule has 0 aromatic rings. The fourth-order valence-corrected chi connectivity index (χ4v) is 5.04. The van der Waals surface area contributed by atoms with E-state index in [1.165, 1.54) is 11.8 Å². The molecule has 0 saturated carbocycles. The minimum Gasteiger partial charge on any atom is 1.00 e. The molecule has 5 atom stereocenters. The number of carbonyl (C=O) groups excluding carboxylic acids is 4. The van der Waals surface area contributed by atoms with Crippen LogP contribution in [0.1, 0.15) is 75.0 Å². The third-order valence-corrected chi connectivity index (χ3v) is 9.88. The van der Waals surface area contributed by atoms with Gasteiger partial charge in [-0.05, 0) is 84.4 Å². The average Bonchev–Trinajstić information content (AvgIpc) is 3.95. The third-order valence-electron chi connectivity index (χ3n) is 7.40. The second kappa shape index (κ2) is 40.4. The van der Waals surface area contributed by atoms with E-state index in [1.807, 2.05) is 5.59 Å². The Morgan fingerprint density at radius 3 is 1.85 bits per heavy atom. The number of fused-ring (bicyclic) bond motifs is 1. The molecule has 4 rings (SSSR count). The van der Waals surface area contributed by atoms with Crippen molar-refractivity contribution in [3.05, 3.63) is 29.9 Å². The van der Waals surface area contributed by atoms with E-state index in [0.717, 1.165) is 38.6 Å². The van der Waals surface area contributed by atoms with Crippen LogP contribution in [0.5, 0.6) is 0 Å². The number of esters is 1. The molecule has 4 aliphatic rings. The molecule has 2 amide bonds. The first kappa shape index (κ1) is 70.3. The van der Waals surface area contributed by atoms with E-state index in [9.17, 15) is 38.0 Å². The van der Waals surface area contributed by atoms with Crippen LogP contribution in [0.15, 0.2) is 28.6 Å². The van der Waals surface area contributed by atoms with Crippen molar-refractivity contribution in [2.45, 2.75) is 103 Å². The van der Waals surface area contributed by atoms with Gasteiger partial charge in [-0.25, -0.2) is 14.4 Å². The number of nitrogens with two attached hydrogens (primary N) is 1. The number of thiol groups is 1. The molecule has 0 spiro atoms. The number of carbonyl (C=O) groups is 7. The van der Waals surface area contributed by atoms with Crippen molar-refractivity contribution in [2.75, 3.05) is 37.4 Å². The van der Waals surface area contributed by atoms with Crippen molar-refractivity contribution < 1.29 is 99.3 Å². The van der Waals surface area contributed by atoms with E-state index >= 15 is 0 Å². The quantitative estimate of drug-likeness (QED) is 0.0261. The Hall–Kier alpha value is -1.36. The van der Waals surface area contributed by atoms with Gasteiger partial charge in [0.25, 0.3) is 5.91 Å². The molecule has 27 heteroatoms. The number of cyclic esters (lactones) is 1. The van der Waals surface area contributed by atoms with Gasteiger partial charge in [-0.15, -0.1) is 17.0 Å². The topological polar surface area (TPSA) is 301 Å². The number of nitrogens with one attached hydrogen (secondary N) is 1. The van der Waals surface area contributed by atoms with E-state index in [0.29, 0.717) is 36.0 Å². The summed E-state index contributed by atoms with van der Waals surface area (Å²) >= 11 is 14.1. The molecule has 0 aromatic carbocycles. The fraction of sp³-hybridized carbons (Fsp3) is 0.667. The smallest absolute Gasteiger partial charge is 1.00 e. The molecule has 4 heterocycles. The summed E-state index contributed by atoms with van der Waals surface area (Å²) in [6.45, 7) is 14.9. The van der Waals surface area contributed by atoms with Gasteiger partial charge in [0.1, 0.15) is 18.1 Å².